The van der Waals surface area contributed by atoms with Crippen LogP contribution in [0.25, 0.3) is 16.8 Å². The Morgan fingerprint density at radius 1 is 1.30 bits per heavy atom. The van der Waals surface area contributed by atoms with Crippen LogP contribution >= 0.6 is 0 Å². The lowest BCUT2D eigenvalue weighted by Gasteiger charge is -2.06. The highest BCUT2D eigenvalue weighted by Crippen LogP contribution is 2.25. The molecule has 27 heavy (non-hydrogen) atoms. The van der Waals surface area contributed by atoms with E-state index >= 15 is 0 Å². The Bertz CT molecular complexity index is 1050. The second-order valence-corrected chi connectivity index (χ2v) is 5.94. The maximum atomic E-state index is 12.3. The number of pyridine rings is 1. The van der Waals surface area contributed by atoms with Crippen molar-refractivity contribution in [1.29, 1.82) is 0 Å². The molecule has 0 saturated carbocycles. The van der Waals surface area contributed by atoms with E-state index in [-0.39, 0.29) is 12.3 Å². The minimum absolute atomic E-state index is 0.0890. The van der Waals surface area contributed by atoms with Crippen molar-refractivity contribution >= 4 is 16.9 Å². The van der Waals surface area contributed by atoms with Crippen molar-refractivity contribution in [2.45, 2.75) is 13.0 Å². The summed E-state index contributed by atoms with van der Waals surface area (Å²) in [5.74, 6) is 1.30. The number of carbonyl (C=O) groups excluding carboxylic acids is 1. The number of nitrogens with zero attached hydrogens (tertiary/aromatic N) is 4. The third-order valence-corrected chi connectivity index (χ3v) is 4.17. The molecule has 0 aliphatic heterocycles. The summed E-state index contributed by atoms with van der Waals surface area (Å²) in [6.07, 6.45) is 6.58. The van der Waals surface area contributed by atoms with Gasteiger partial charge in [0.1, 0.15) is 24.0 Å². The highest BCUT2D eigenvalue weighted by Gasteiger charge is 2.11. The van der Waals surface area contributed by atoms with Gasteiger partial charge in [0.2, 0.25) is 5.91 Å². The molecule has 3 heterocycles. The van der Waals surface area contributed by atoms with Gasteiger partial charge in [0, 0.05) is 29.8 Å². The highest BCUT2D eigenvalue weighted by atomic mass is 16.5. The van der Waals surface area contributed by atoms with Gasteiger partial charge in [-0.2, -0.15) is 5.10 Å². The number of hydrogen-bond acceptors (Lipinski definition) is 6. The van der Waals surface area contributed by atoms with Gasteiger partial charge in [0.25, 0.3) is 0 Å². The average molecular weight is 363 g/mol. The number of nitrogens with one attached hydrogen (secondary N) is 1. The molecular formula is C19H17N5O3. The second kappa shape index (κ2) is 7.28. The molecule has 8 nitrogen and oxygen atoms in total. The first-order valence-corrected chi connectivity index (χ1v) is 8.33. The molecule has 0 spiro atoms. The minimum atomic E-state index is -0.0890. The van der Waals surface area contributed by atoms with Crippen LogP contribution in [0.4, 0.5) is 0 Å². The molecule has 136 valence electrons. The van der Waals surface area contributed by atoms with Gasteiger partial charge < -0.3 is 14.5 Å². The number of amides is 1. The Balaban J connectivity index is 1.37. The fourth-order valence-corrected chi connectivity index (χ4v) is 2.75. The highest BCUT2D eigenvalue weighted by molar-refractivity contribution is 5.88. The lowest BCUT2D eigenvalue weighted by Crippen LogP contribution is -2.24. The number of rotatable bonds is 6. The van der Waals surface area contributed by atoms with Crippen LogP contribution in [0.15, 0.2) is 59.9 Å². The Hall–Kier alpha value is -3.68. The van der Waals surface area contributed by atoms with Crippen LogP contribution < -0.4 is 10.1 Å². The quantitative estimate of drug-likeness (QED) is 0.565. The van der Waals surface area contributed by atoms with Gasteiger partial charge in [-0.25, -0.2) is 14.6 Å². The summed E-state index contributed by atoms with van der Waals surface area (Å²) in [5, 5.41) is 7.83. The maximum absolute atomic E-state index is 12.3. The predicted molar refractivity (Wildman–Crippen MR) is 97.5 cm³/mol. The largest absolute Gasteiger partial charge is 0.497 e. The van der Waals surface area contributed by atoms with Crippen LogP contribution in [-0.4, -0.2) is 32.8 Å². The molecule has 4 rings (SSSR count). The number of aromatic nitrogens is 4. The fraction of sp³-hybridized carbons (Fsp3) is 0.158. The average Bonchev–Trinajstić information content (AvgIpc) is 3.37. The number of fused-ring (bicyclic) bond motifs is 1. The standard InChI is InChI=1S/C19H17N5O3/c1-26-15-3-4-16-14(10-27-17(16)7-15)6-19(25)22-9-13-2-5-18(21-8-13)24-12-20-11-23-24/h2-5,7-8,10-12H,6,9H2,1H3,(H,22,25). The molecule has 0 radical (unpaired) electrons. The van der Waals surface area contributed by atoms with E-state index < -0.39 is 0 Å². The summed E-state index contributed by atoms with van der Waals surface area (Å²) in [5.41, 5.74) is 2.43. The topological polar surface area (TPSA) is 95.1 Å². The van der Waals surface area contributed by atoms with Crippen LogP contribution in [0.1, 0.15) is 11.1 Å². The summed E-state index contributed by atoms with van der Waals surface area (Å²) in [6.45, 7) is 0.396. The first-order chi connectivity index (χ1) is 13.2. The Morgan fingerprint density at radius 2 is 2.22 bits per heavy atom. The Labute approximate surface area is 154 Å². The van der Waals surface area contributed by atoms with Crippen molar-refractivity contribution in [2.24, 2.45) is 0 Å². The van der Waals surface area contributed by atoms with Gasteiger partial charge in [0.15, 0.2) is 5.82 Å². The number of benzene rings is 1. The molecule has 1 N–H and O–H groups in total. The molecule has 4 aromatic rings. The molecule has 0 aliphatic rings. The van der Waals surface area contributed by atoms with Crippen molar-refractivity contribution < 1.29 is 13.9 Å². The van der Waals surface area contributed by atoms with E-state index in [2.05, 4.69) is 20.4 Å². The molecule has 0 atom stereocenters. The lowest BCUT2D eigenvalue weighted by molar-refractivity contribution is -0.120. The SMILES string of the molecule is COc1ccc2c(CC(=O)NCc3ccc(-n4cncn4)nc3)coc2c1. The zero-order chi connectivity index (χ0) is 18.6. The van der Waals surface area contributed by atoms with Gasteiger partial charge in [-0.1, -0.05) is 6.07 Å². The third-order valence-electron chi connectivity index (χ3n) is 4.17. The summed E-state index contributed by atoms with van der Waals surface area (Å²) < 4.78 is 12.3. The first kappa shape index (κ1) is 16.8. The van der Waals surface area contributed by atoms with Crippen LogP contribution in [-0.2, 0) is 17.8 Å². The molecule has 1 amide bonds. The van der Waals surface area contributed by atoms with E-state index in [0.717, 1.165) is 22.3 Å². The Morgan fingerprint density at radius 3 is 2.96 bits per heavy atom. The van der Waals surface area contributed by atoms with Crippen LogP contribution in [0, 0.1) is 0 Å². The Kier molecular flexibility index (Phi) is 4.52. The number of ether oxygens (including phenoxy) is 1. The van der Waals surface area contributed by atoms with Crippen LogP contribution in [0.3, 0.4) is 0 Å². The van der Waals surface area contributed by atoms with Crippen molar-refractivity contribution in [3.63, 3.8) is 0 Å². The lowest BCUT2D eigenvalue weighted by atomic mass is 10.1. The van der Waals surface area contributed by atoms with Gasteiger partial charge in [-0.3, -0.25) is 4.79 Å². The van der Waals surface area contributed by atoms with Crippen LogP contribution in [0.5, 0.6) is 5.75 Å². The second-order valence-electron chi connectivity index (χ2n) is 5.94. The van der Waals surface area contributed by atoms with Crippen molar-refractivity contribution in [1.82, 2.24) is 25.1 Å². The van der Waals surface area contributed by atoms with E-state index in [1.54, 1.807) is 36.6 Å². The normalized spacial score (nSPS) is 10.9. The summed E-state index contributed by atoms with van der Waals surface area (Å²) in [6, 6.07) is 9.27. The zero-order valence-corrected chi connectivity index (χ0v) is 14.6. The van der Waals surface area contributed by atoms with Gasteiger partial charge in [-0.15, -0.1) is 0 Å². The molecule has 8 heteroatoms. The molecule has 3 aromatic heterocycles. The number of furan rings is 1. The molecule has 0 bridgehead atoms. The van der Waals surface area contributed by atoms with Crippen molar-refractivity contribution in [3.8, 4) is 11.6 Å². The first-order valence-electron chi connectivity index (χ1n) is 8.33. The molecular weight excluding hydrogens is 346 g/mol. The maximum Gasteiger partial charge on any atom is 0.224 e. The summed E-state index contributed by atoms with van der Waals surface area (Å²) in [7, 11) is 1.60. The van der Waals surface area contributed by atoms with E-state index in [1.165, 1.54) is 6.33 Å². The minimum Gasteiger partial charge on any atom is -0.497 e. The van der Waals surface area contributed by atoms with E-state index in [0.29, 0.717) is 17.9 Å². The summed E-state index contributed by atoms with van der Waals surface area (Å²) >= 11 is 0. The van der Waals surface area contributed by atoms with Gasteiger partial charge >= 0.3 is 0 Å². The number of hydrogen-bond donors (Lipinski definition) is 1. The number of methoxy groups -OCH3 is 1. The molecule has 0 fully saturated rings. The smallest absolute Gasteiger partial charge is 0.224 e. The van der Waals surface area contributed by atoms with Crippen molar-refractivity contribution in [2.75, 3.05) is 7.11 Å². The number of carbonyl (C=O) groups is 1. The monoisotopic (exact) mass is 363 g/mol. The molecule has 0 unspecified atom stereocenters. The zero-order valence-electron chi connectivity index (χ0n) is 14.6. The van der Waals surface area contributed by atoms with Gasteiger partial charge in [-0.05, 0) is 23.8 Å². The molecule has 0 saturated heterocycles. The van der Waals surface area contributed by atoms with Crippen LogP contribution in [0.2, 0.25) is 0 Å². The molecule has 1 aromatic carbocycles. The van der Waals surface area contributed by atoms with E-state index in [4.69, 9.17) is 9.15 Å². The van der Waals surface area contributed by atoms with E-state index in [9.17, 15) is 4.79 Å². The molecule has 0 aliphatic carbocycles. The fourth-order valence-electron chi connectivity index (χ4n) is 2.75. The third kappa shape index (κ3) is 3.64. The summed E-state index contributed by atoms with van der Waals surface area (Å²) in [4.78, 5) is 20.5. The van der Waals surface area contributed by atoms with E-state index in [1.807, 2.05) is 24.3 Å². The van der Waals surface area contributed by atoms with Crippen molar-refractivity contribution in [3.05, 3.63) is 66.6 Å². The van der Waals surface area contributed by atoms with Gasteiger partial charge in [0.05, 0.1) is 19.8 Å². The predicted octanol–water partition coefficient (Wildman–Crippen LogP) is 2.28.